The van der Waals surface area contributed by atoms with E-state index in [0.29, 0.717) is 5.56 Å². The van der Waals surface area contributed by atoms with E-state index in [2.05, 4.69) is 15.4 Å². The van der Waals surface area contributed by atoms with Crippen LogP contribution in [-0.2, 0) is 4.79 Å². The second-order valence-corrected chi connectivity index (χ2v) is 8.39. The quantitative estimate of drug-likeness (QED) is 0.725. The lowest BCUT2D eigenvalue weighted by atomic mass is 9.96. The van der Waals surface area contributed by atoms with Crippen LogP contribution in [-0.4, -0.2) is 44.7 Å². The summed E-state index contributed by atoms with van der Waals surface area (Å²) in [7, 11) is 1.85. The zero-order chi connectivity index (χ0) is 20.9. The Labute approximate surface area is 174 Å². The smallest absolute Gasteiger partial charge is 0.242 e. The minimum Gasteiger partial charge on any atom is -0.344 e. The number of aryl methyl sites for hydroxylation is 1. The average Bonchev–Trinajstić information content (AvgIpc) is 3.45. The van der Waals surface area contributed by atoms with Crippen molar-refractivity contribution in [1.29, 1.82) is 0 Å². The van der Waals surface area contributed by atoms with E-state index in [9.17, 15) is 9.18 Å². The highest BCUT2D eigenvalue weighted by Crippen LogP contribution is 2.39. The molecule has 1 spiro atoms. The van der Waals surface area contributed by atoms with Gasteiger partial charge in [-0.2, -0.15) is 5.10 Å². The molecule has 4 heterocycles. The Morgan fingerprint density at radius 3 is 2.83 bits per heavy atom. The van der Waals surface area contributed by atoms with Crippen molar-refractivity contribution in [3.63, 3.8) is 0 Å². The SMILES string of the molecule is Cc1cnn(-c2ccc(F)c(-c3ccnc([C@H]4CC[C@@]5(CCN(C)C5=O)N4)c3)c2)c1. The summed E-state index contributed by atoms with van der Waals surface area (Å²) in [6.07, 6.45) is 7.85. The Kier molecular flexibility index (Phi) is 4.43. The van der Waals surface area contributed by atoms with Crippen molar-refractivity contribution in [3.05, 3.63) is 66.0 Å². The molecule has 2 atom stereocenters. The molecule has 2 aliphatic rings. The summed E-state index contributed by atoms with van der Waals surface area (Å²) in [4.78, 5) is 18.9. The van der Waals surface area contributed by atoms with E-state index in [0.717, 1.165) is 48.3 Å². The van der Waals surface area contributed by atoms with Gasteiger partial charge in [-0.15, -0.1) is 0 Å². The molecule has 2 saturated heterocycles. The number of nitrogens with one attached hydrogen (secondary N) is 1. The maximum atomic E-state index is 14.7. The molecule has 0 unspecified atom stereocenters. The average molecular weight is 405 g/mol. The summed E-state index contributed by atoms with van der Waals surface area (Å²) in [5, 5.41) is 7.86. The number of likely N-dealkylation sites (N-methyl/N-ethyl adjacent to an activating group) is 1. The molecule has 0 bridgehead atoms. The number of likely N-dealkylation sites (tertiary alicyclic amines) is 1. The maximum absolute atomic E-state index is 14.7. The van der Waals surface area contributed by atoms with Crippen LogP contribution in [0.5, 0.6) is 0 Å². The molecule has 154 valence electrons. The van der Waals surface area contributed by atoms with Gasteiger partial charge in [-0.25, -0.2) is 9.07 Å². The monoisotopic (exact) mass is 405 g/mol. The van der Waals surface area contributed by atoms with Crippen LogP contribution in [0.25, 0.3) is 16.8 Å². The van der Waals surface area contributed by atoms with Crippen molar-refractivity contribution in [2.75, 3.05) is 13.6 Å². The predicted octanol–water partition coefficient (Wildman–Crippen LogP) is 3.41. The van der Waals surface area contributed by atoms with Gasteiger partial charge in [0.1, 0.15) is 11.4 Å². The van der Waals surface area contributed by atoms with Crippen LogP contribution in [0.15, 0.2) is 48.9 Å². The first-order valence-corrected chi connectivity index (χ1v) is 10.3. The molecule has 2 aromatic heterocycles. The molecule has 1 N–H and O–H groups in total. The number of aromatic nitrogens is 3. The highest BCUT2D eigenvalue weighted by Gasteiger charge is 2.50. The molecule has 1 aromatic carbocycles. The van der Waals surface area contributed by atoms with Crippen molar-refractivity contribution in [1.82, 2.24) is 25.0 Å². The normalized spacial score (nSPS) is 23.6. The molecular formula is C23H24FN5O. The number of hydrogen-bond donors (Lipinski definition) is 1. The second-order valence-electron chi connectivity index (χ2n) is 8.39. The van der Waals surface area contributed by atoms with Crippen LogP contribution in [0.3, 0.4) is 0 Å². The molecule has 0 radical (unpaired) electrons. The number of rotatable bonds is 3. The minimum atomic E-state index is -0.472. The Morgan fingerprint density at radius 1 is 1.23 bits per heavy atom. The third-order valence-electron chi connectivity index (χ3n) is 6.32. The topological polar surface area (TPSA) is 63.1 Å². The largest absolute Gasteiger partial charge is 0.344 e. The minimum absolute atomic E-state index is 0.0135. The highest BCUT2D eigenvalue weighted by molar-refractivity contribution is 5.88. The van der Waals surface area contributed by atoms with Crippen molar-refractivity contribution in [2.45, 2.75) is 37.8 Å². The number of pyridine rings is 1. The summed E-state index contributed by atoms with van der Waals surface area (Å²) >= 11 is 0. The van der Waals surface area contributed by atoms with Crippen LogP contribution in [0.1, 0.15) is 36.6 Å². The Hall–Kier alpha value is -3.06. The first kappa shape index (κ1) is 18.9. The summed E-state index contributed by atoms with van der Waals surface area (Å²) in [5.74, 6) is -0.127. The van der Waals surface area contributed by atoms with E-state index in [-0.39, 0.29) is 17.8 Å². The first-order valence-electron chi connectivity index (χ1n) is 10.3. The van der Waals surface area contributed by atoms with Gasteiger partial charge in [0.05, 0.1) is 23.6 Å². The third-order valence-corrected chi connectivity index (χ3v) is 6.32. The van der Waals surface area contributed by atoms with E-state index >= 15 is 0 Å². The van der Waals surface area contributed by atoms with E-state index < -0.39 is 5.54 Å². The number of hydrogen-bond acceptors (Lipinski definition) is 4. The van der Waals surface area contributed by atoms with Crippen molar-refractivity contribution in [2.24, 2.45) is 0 Å². The van der Waals surface area contributed by atoms with Gasteiger partial charge in [0.25, 0.3) is 0 Å². The third kappa shape index (κ3) is 3.10. The standard InChI is InChI=1S/C23H24FN5O/c1-15-13-26-29(14-15)17-3-4-19(24)18(12-17)16-6-9-25-21(11-16)20-5-7-23(27-20)8-10-28(2)22(23)30/h3-4,6,9,11-14,20,27H,5,7-8,10H2,1-2H3/t20-,23+/m1/s1. The fraction of sp³-hybridized carbons (Fsp3) is 0.348. The summed E-state index contributed by atoms with van der Waals surface area (Å²) < 4.78 is 16.4. The van der Waals surface area contributed by atoms with Gasteiger partial charge in [-0.1, -0.05) is 0 Å². The van der Waals surface area contributed by atoms with Crippen LogP contribution < -0.4 is 5.32 Å². The Morgan fingerprint density at radius 2 is 2.10 bits per heavy atom. The molecule has 30 heavy (non-hydrogen) atoms. The summed E-state index contributed by atoms with van der Waals surface area (Å²) in [6, 6.07) is 8.73. The van der Waals surface area contributed by atoms with E-state index in [1.165, 1.54) is 6.07 Å². The number of nitrogens with zero attached hydrogens (tertiary/aromatic N) is 4. The molecule has 0 saturated carbocycles. The van der Waals surface area contributed by atoms with E-state index in [1.54, 1.807) is 34.1 Å². The van der Waals surface area contributed by atoms with E-state index in [1.807, 2.05) is 32.3 Å². The molecule has 5 rings (SSSR count). The first-order chi connectivity index (χ1) is 14.4. The Balaban J connectivity index is 1.45. The zero-order valence-corrected chi connectivity index (χ0v) is 17.1. The lowest BCUT2D eigenvalue weighted by molar-refractivity contribution is -0.131. The van der Waals surface area contributed by atoms with Crippen LogP contribution in [0.4, 0.5) is 4.39 Å². The molecule has 2 fully saturated rings. The fourth-order valence-corrected chi connectivity index (χ4v) is 4.63. The zero-order valence-electron chi connectivity index (χ0n) is 17.1. The van der Waals surface area contributed by atoms with Gasteiger partial charge >= 0.3 is 0 Å². The van der Waals surface area contributed by atoms with Crippen molar-refractivity contribution in [3.8, 4) is 16.8 Å². The molecule has 7 heteroatoms. The van der Waals surface area contributed by atoms with Gasteiger partial charge < -0.3 is 4.90 Å². The van der Waals surface area contributed by atoms with Crippen LogP contribution in [0, 0.1) is 12.7 Å². The second kappa shape index (κ2) is 7.02. The Bertz CT molecular complexity index is 1130. The van der Waals surface area contributed by atoms with Gasteiger partial charge in [-0.05, 0) is 67.6 Å². The lowest BCUT2D eigenvalue weighted by Crippen LogP contribution is -2.47. The molecular weight excluding hydrogens is 381 g/mol. The van der Waals surface area contributed by atoms with Gasteiger partial charge in [0.2, 0.25) is 5.91 Å². The number of halogens is 1. The molecule has 6 nitrogen and oxygen atoms in total. The van der Waals surface area contributed by atoms with Gasteiger partial charge in [-0.3, -0.25) is 15.1 Å². The number of benzene rings is 1. The molecule has 0 aliphatic carbocycles. The van der Waals surface area contributed by atoms with E-state index in [4.69, 9.17) is 0 Å². The number of amides is 1. The van der Waals surface area contributed by atoms with Gasteiger partial charge in [0, 0.05) is 31.5 Å². The highest BCUT2D eigenvalue weighted by atomic mass is 19.1. The molecule has 1 amide bonds. The van der Waals surface area contributed by atoms with Crippen LogP contribution >= 0.6 is 0 Å². The van der Waals surface area contributed by atoms with Crippen molar-refractivity contribution >= 4 is 5.91 Å². The lowest BCUT2D eigenvalue weighted by Gasteiger charge is -2.23. The van der Waals surface area contributed by atoms with Gasteiger partial charge in [0.15, 0.2) is 0 Å². The predicted molar refractivity (Wildman–Crippen MR) is 112 cm³/mol. The summed E-state index contributed by atoms with van der Waals surface area (Å²) in [6.45, 7) is 2.74. The molecule has 3 aromatic rings. The van der Waals surface area contributed by atoms with Crippen molar-refractivity contribution < 1.29 is 9.18 Å². The number of carbonyl (C=O) groups is 1. The number of carbonyl (C=O) groups excluding carboxylic acids is 1. The molecule has 2 aliphatic heterocycles. The fourth-order valence-electron chi connectivity index (χ4n) is 4.63. The van der Waals surface area contributed by atoms with Crippen LogP contribution in [0.2, 0.25) is 0 Å². The summed E-state index contributed by atoms with van der Waals surface area (Å²) in [5.41, 5.74) is 3.48. The maximum Gasteiger partial charge on any atom is 0.242 e.